The Morgan fingerprint density at radius 2 is 1.90 bits per heavy atom. The minimum atomic E-state index is -0.146. The van der Waals surface area contributed by atoms with E-state index in [0.717, 1.165) is 21.5 Å². The Labute approximate surface area is 125 Å². The first-order valence-electron chi connectivity index (χ1n) is 6.47. The van der Waals surface area contributed by atoms with Crippen molar-refractivity contribution in [1.29, 1.82) is 0 Å². The summed E-state index contributed by atoms with van der Waals surface area (Å²) in [5, 5.41) is 10.2. The van der Waals surface area contributed by atoms with Gasteiger partial charge in [0.2, 0.25) is 5.78 Å². The number of phenols is 1. The number of anilines is 1. The van der Waals surface area contributed by atoms with Gasteiger partial charge in [-0.15, -0.1) is 11.3 Å². The summed E-state index contributed by atoms with van der Waals surface area (Å²) in [7, 11) is 0. The van der Waals surface area contributed by atoms with Crippen LogP contribution in [-0.2, 0) is 0 Å². The Hall–Kier alpha value is -2.40. The molecule has 0 atom stereocenters. The molecule has 3 aromatic rings. The maximum atomic E-state index is 12.6. The van der Waals surface area contributed by atoms with Crippen LogP contribution in [0.3, 0.4) is 0 Å². The lowest BCUT2D eigenvalue weighted by molar-refractivity contribution is 0.104. The van der Waals surface area contributed by atoms with E-state index in [1.54, 1.807) is 12.1 Å². The second kappa shape index (κ2) is 4.86. The van der Waals surface area contributed by atoms with Crippen LogP contribution in [0.4, 0.5) is 5.69 Å². The number of hydrogen-bond acceptors (Lipinski definition) is 5. The van der Waals surface area contributed by atoms with E-state index in [-0.39, 0.29) is 11.5 Å². The Morgan fingerprint density at radius 1 is 1.24 bits per heavy atom. The molecule has 0 spiro atoms. The molecule has 4 nitrogen and oxygen atoms in total. The van der Waals surface area contributed by atoms with Crippen molar-refractivity contribution in [3.05, 3.63) is 52.0 Å². The number of aromatic hydroxyl groups is 1. The summed E-state index contributed by atoms with van der Waals surface area (Å²) in [5.41, 5.74) is 9.07. The first-order chi connectivity index (χ1) is 9.97. The molecule has 3 N–H and O–H groups in total. The third-order valence-corrected chi connectivity index (χ3v) is 4.46. The summed E-state index contributed by atoms with van der Waals surface area (Å²) in [6, 6.07) is 8.12. The minimum absolute atomic E-state index is 0.129. The fourth-order valence-corrected chi connectivity index (χ4v) is 3.56. The van der Waals surface area contributed by atoms with Crippen LogP contribution < -0.4 is 5.73 Å². The molecule has 0 bridgehead atoms. The summed E-state index contributed by atoms with van der Waals surface area (Å²) >= 11 is 1.31. The van der Waals surface area contributed by atoms with Crippen LogP contribution in [0, 0.1) is 13.8 Å². The molecule has 0 aliphatic rings. The lowest BCUT2D eigenvalue weighted by Gasteiger charge is -2.01. The number of ketones is 1. The predicted octanol–water partition coefficient (Wildman–Crippen LogP) is 3.43. The standard InChI is InChI=1S/C16H14N2O2S/c1-8-7-9(2)18-16-12(8)13(17)15(21-16)14(20)10-3-5-11(19)6-4-10/h3-7,19H,17H2,1-2H3. The van der Waals surface area contributed by atoms with Crippen LogP contribution in [0.25, 0.3) is 10.2 Å². The molecule has 106 valence electrons. The van der Waals surface area contributed by atoms with Crippen molar-refractivity contribution in [3.63, 3.8) is 0 Å². The van der Waals surface area contributed by atoms with Crippen molar-refractivity contribution >= 4 is 33.0 Å². The summed E-state index contributed by atoms with van der Waals surface area (Å²) < 4.78 is 0. The van der Waals surface area contributed by atoms with Crippen molar-refractivity contribution in [1.82, 2.24) is 4.98 Å². The second-order valence-corrected chi connectivity index (χ2v) is 5.98. The zero-order chi connectivity index (χ0) is 15.1. The molecule has 0 unspecified atom stereocenters. The van der Waals surface area contributed by atoms with Gasteiger partial charge in [-0.25, -0.2) is 4.98 Å². The zero-order valence-corrected chi connectivity index (χ0v) is 12.5. The number of nitrogen functional groups attached to an aromatic ring is 1. The number of thiophene rings is 1. The molecule has 1 aromatic carbocycles. The lowest BCUT2D eigenvalue weighted by Crippen LogP contribution is -2.01. The molecule has 2 heterocycles. The van der Waals surface area contributed by atoms with E-state index in [1.165, 1.54) is 23.5 Å². The van der Waals surface area contributed by atoms with Crippen molar-refractivity contribution in [2.45, 2.75) is 13.8 Å². The minimum Gasteiger partial charge on any atom is -0.508 e. The molecule has 3 rings (SSSR count). The maximum Gasteiger partial charge on any atom is 0.205 e. The number of phenolic OH excluding ortho intramolecular Hbond substituents is 1. The second-order valence-electron chi connectivity index (χ2n) is 4.98. The maximum absolute atomic E-state index is 12.6. The normalized spacial score (nSPS) is 11.0. The number of nitrogens with two attached hydrogens (primary N) is 1. The van der Waals surface area contributed by atoms with Crippen LogP contribution in [0.15, 0.2) is 30.3 Å². The highest BCUT2D eigenvalue weighted by Crippen LogP contribution is 2.36. The third-order valence-electron chi connectivity index (χ3n) is 3.36. The van der Waals surface area contributed by atoms with Gasteiger partial charge in [-0.05, 0) is 49.7 Å². The van der Waals surface area contributed by atoms with Crippen LogP contribution in [0.2, 0.25) is 0 Å². The van der Waals surface area contributed by atoms with E-state index in [4.69, 9.17) is 5.73 Å². The lowest BCUT2D eigenvalue weighted by atomic mass is 10.1. The van der Waals surface area contributed by atoms with Crippen molar-refractivity contribution in [2.24, 2.45) is 0 Å². The van der Waals surface area contributed by atoms with E-state index in [1.807, 2.05) is 19.9 Å². The molecular formula is C16H14N2O2S. The predicted molar refractivity (Wildman–Crippen MR) is 85.0 cm³/mol. The van der Waals surface area contributed by atoms with E-state index in [2.05, 4.69) is 4.98 Å². The molecule has 0 aliphatic heterocycles. The fraction of sp³-hybridized carbons (Fsp3) is 0.125. The number of carbonyl (C=O) groups is 1. The first-order valence-corrected chi connectivity index (χ1v) is 7.29. The van der Waals surface area contributed by atoms with E-state index in [9.17, 15) is 9.90 Å². The van der Waals surface area contributed by atoms with Crippen molar-refractivity contribution in [3.8, 4) is 5.75 Å². The number of rotatable bonds is 2. The summed E-state index contributed by atoms with van der Waals surface area (Å²) in [5.74, 6) is -0.0171. The summed E-state index contributed by atoms with van der Waals surface area (Å²) in [6.45, 7) is 3.89. The number of hydrogen-bond donors (Lipinski definition) is 2. The average molecular weight is 298 g/mol. The summed E-state index contributed by atoms with van der Waals surface area (Å²) in [4.78, 5) is 18.3. The number of benzene rings is 1. The number of aryl methyl sites for hydroxylation is 2. The van der Waals surface area contributed by atoms with Gasteiger partial charge in [-0.1, -0.05) is 0 Å². The molecule has 0 radical (unpaired) electrons. The Kier molecular flexibility index (Phi) is 3.14. The van der Waals surface area contributed by atoms with Gasteiger partial charge in [0.15, 0.2) is 0 Å². The molecule has 21 heavy (non-hydrogen) atoms. The topological polar surface area (TPSA) is 76.2 Å². The molecule has 5 heteroatoms. The molecule has 0 aliphatic carbocycles. The molecule has 0 saturated carbocycles. The van der Waals surface area contributed by atoms with Gasteiger partial charge < -0.3 is 10.8 Å². The molecule has 2 aromatic heterocycles. The van der Waals surface area contributed by atoms with Crippen LogP contribution in [0.1, 0.15) is 26.5 Å². The fourth-order valence-electron chi connectivity index (χ4n) is 2.38. The highest BCUT2D eigenvalue weighted by molar-refractivity contribution is 7.21. The van der Waals surface area contributed by atoms with E-state index >= 15 is 0 Å². The smallest absolute Gasteiger partial charge is 0.205 e. The molecule has 0 amide bonds. The van der Waals surface area contributed by atoms with Gasteiger partial charge in [0.05, 0.1) is 5.69 Å². The van der Waals surface area contributed by atoms with Crippen molar-refractivity contribution < 1.29 is 9.90 Å². The van der Waals surface area contributed by atoms with Crippen LogP contribution >= 0.6 is 11.3 Å². The molecular weight excluding hydrogens is 284 g/mol. The van der Waals surface area contributed by atoms with E-state index in [0.29, 0.717) is 16.1 Å². The SMILES string of the molecule is Cc1cc(C)c2c(N)c(C(=O)c3ccc(O)cc3)sc2n1. The largest absolute Gasteiger partial charge is 0.508 e. The van der Waals surface area contributed by atoms with E-state index < -0.39 is 0 Å². The highest BCUT2D eigenvalue weighted by Gasteiger charge is 2.20. The number of fused-ring (bicyclic) bond motifs is 1. The summed E-state index contributed by atoms with van der Waals surface area (Å²) in [6.07, 6.45) is 0. The monoisotopic (exact) mass is 298 g/mol. The van der Waals surface area contributed by atoms with Crippen LogP contribution in [-0.4, -0.2) is 15.9 Å². The van der Waals surface area contributed by atoms with Gasteiger partial charge >= 0.3 is 0 Å². The average Bonchev–Trinajstić information content (AvgIpc) is 2.76. The third kappa shape index (κ3) is 2.25. The zero-order valence-electron chi connectivity index (χ0n) is 11.7. The Bertz CT molecular complexity index is 851. The van der Waals surface area contributed by atoms with Crippen LogP contribution in [0.5, 0.6) is 5.75 Å². The molecule has 0 fully saturated rings. The van der Waals surface area contributed by atoms with Gasteiger partial charge in [-0.3, -0.25) is 4.79 Å². The van der Waals surface area contributed by atoms with Gasteiger partial charge in [0.1, 0.15) is 15.5 Å². The van der Waals surface area contributed by atoms with Crippen molar-refractivity contribution in [2.75, 3.05) is 5.73 Å². The van der Waals surface area contributed by atoms with Gasteiger partial charge in [0.25, 0.3) is 0 Å². The number of carbonyl (C=O) groups excluding carboxylic acids is 1. The quantitative estimate of drug-likeness (QED) is 0.711. The number of aromatic nitrogens is 1. The Morgan fingerprint density at radius 3 is 2.57 bits per heavy atom. The highest BCUT2D eigenvalue weighted by atomic mass is 32.1. The first kappa shape index (κ1) is 13.6. The van der Waals surface area contributed by atoms with Gasteiger partial charge in [-0.2, -0.15) is 0 Å². The number of pyridine rings is 1. The Balaban J connectivity index is 2.16. The number of nitrogens with zero attached hydrogens (tertiary/aromatic N) is 1. The molecule has 0 saturated heterocycles. The van der Waals surface area contributed by atoms with Gasteiger partial charge in [0, 0.05) is 16.6 Å².